The Balaban J connectivity index is 2.23. The predicted octanol–water partition coefficient (Wildman–Crippen LogP) is 19.0. The number of carbonyl (C=O) groups is 1. The zero-order valence-corrected chi connectivity index (χ0v) is 54.1. The van der Waals surface area contributed by atoms with Crippen LogP contribution in [0.25, 0.3) is 0 Å². The average Bonchev–Trinajstić information content (AvgIpc) is 3.68. The number of ether oxygens (including phenoxy) is 2. The Morgan fingerprint density at radius 2 is 0.741 bits per heavy atom. The van der Waals surface area contributed by atoms with Gasteiger partial charge in [-0.1, -0.05) is 295 Å². The summed E-state index contributed by atoms with van der Waals surface area (Å²) in [4.78, 5) is 13.1. The zero-order valence-electron chi connectivity index (χ0n) is 54.1. The highest BCUT2D eigenvalue weighted by molar-refractivity contribution is 5.76. The molecule has 0 aromatic heterocycles. The molecule has 0 aliphatic carbocycles. The van der Waals surface area contributed by atoms with Crippen LogP contribution in [0.4, 0.5) is 0 Å². The topological polar surface area (TPSA) is 149 Å². The number of hydrogen-bond donors (Lipinski definition) is 6. The maximum absolute atomic E-state index is 13.1. The van der Waals surface area contributed by atoms with Crippen molar-refractivity contribution in [2.75, 3.05) is 13.2 Å². The normalized spacial score (nSPS) is 19.1. The van der Waals surface area contributed by atoms with Gasteiger partial charge in [-0.25, -0.2) is 0 Å². The smallest absolute Gasteiger partial charge is 0.220 e. The van der Waals surface area contributed by atoms with E-state index in [1.54, 1.807) is 6.08 Å². The first kappa shape index (κ1) is 79.1. The molecule has 0 bridgehead atoms. The highest BCUT2D eigenvalue weighted by Gasteiger charge is 2.44. The number of amides is 1. The number of nitrogens with one attached hydrogen (secondary N) is 1. The van der Waals surface area contributed by atoms with Gasteiger partial charge < -0.3 is 40.3 Å². The molecule has 85 heavy (non-hydrogen) atoms. The molecule has 484 valence electrons. The summed E-state index contributed by atoms with van der Waals surface area (Å²) in [6.45, 7) is 3.64. The first-order valence-corrected chi connectivity index (χ1v) is 34.6. The molecule has 0 spiro atoms. The van der Waals surface area contributed by atoms with Crippen LogP contribution < -0.4 is 5.32 Å². The van der Waals surface area contributed by atoms with Crippen LogP contribution in [0, 0.1) is 0 Å². The third-order valence-electron chi connectivity index (χ3n) is 15.4. The minimum absolute atomic E-state index is 0.214. The Bertz CT molecular complexity index is 1850. The van der Waals surface area contributed by atoms with Gasteiger partial charge in [0, 0.05) is 6.42 Å². The highest BCUT2D eigenvalue weighted by Crippen LogP contribution is 2.23. The number of aliphatic hydroxyl groups is 5. The molecule has 7 unspecified atom stereocenters. The fourth-order valence-corrected chi connectivity index (χ4v) is 10.0. The summed E-state index contributed by atoms with van der Waals surface area (Å²) in [6, 6.07) is -0.852. The Morgan fingerprint density at radius 3 is 1.13 bits per heavy atom. The lowest BCUT2D eigenvalue weighted by atomic mass is 9.99. The monoisotopic (exact) mass is 1180 g/mol. The molecule has 0 radical (unpaired) electrons. The second-order valence-electron chi connectivity index (χ2n) is 23.2. The van der Waals surface area contributed by atoms with E-state index in [1.807, 2.05) is 6.08 Å². The maximum atomic E-state index is 13.1. The number of allylic oxidation sites excluding steroid dienone is 23. The van der Waals surface area contributed by atoms with Crippen LogP contribution in [0.1, 0.15) is 271 Å². The first-order valence-electron chi connectivity index (χ1n) is 34.6. The average molecular weight is 1180 g/mol. The van der Waals surface area contributed by atoms with Gasteiger partial charge in [0.2, 0.25) is 5.91 Å². The molecule has 9 nitrogen and oxygen atoms in total. The SMILES string of the molecule is CC/C=C\C/C=C\C/C=C\C/C=C\C/C=C\C/C=C\C/C=C\C/C=C\C/C=C\CCCCCCCC(=O)NC(COC1OC(CO)C(O)C(O)C1O)C(O)/C=C/CC/C=C/CC/C=C/CCCCCCCCCCCCCCCCCCCCC. The summed E-state index contributed by atoms with van der Waals surface area (Å²) in [7, 11) is 0. The van der Waals surface area contributed by atoms with Crippen molar-refractivity contribution in [2.45, 2.75) is 314 Å². The molecule has 1 heterocycles. The molecular weight excluding hydrogens is 1050 g/mol. The molecule has 1 aliphatic heterocycles. The van der Waals surface area contributed by atoms with Crippen molar-refractivity contribution in [1.29, 1.82) is 0 Å². The Hall–Kier alpha value is -3.93. The molecule has 1 saturated heterocycles. The van der Waals surface area contributed by atoms with Crippen molar-refractivity contribution in [3.8, 4) is 0 Å². The predicted molar refractivity (Wildman–Crippen MR) is 363 cm³/mol. The summed E-state index contributed by atoms with van der Waals surface area (Å²) >= 11 is 0. The minimum Gasteiger partial charge on any atom is -0.394 e. The third-order valence-corrected chi connectivity index (χ3v) is 15.4. The molecule has 9 heteroatoms. The molecule has 7 atom stereocenters. The van der Waals surface area contributed by atoms with Crippen molar-refractivity contribution in [3.63, 3.8) is 0 Å². The van der Waals surface area contributed by atoms with E-state index >= 15 is 0 Å². The van der Waals surface area contributed by atoms with Gasteiger partial charge in [-0.05, 0) is 116 Å². The van der Waals surface area contributed by atoms with Crippen LogP contribution in [-0.4, -0.2) is 87.5 Å². The van der Waals surface area contributed by atoms with Gasteiger partial charge in [-0.15, -0.1) is 0 Å². The van der Waals surface area contributed by atoms with E-state index in [1.165, 1.54) is 122 Å². The first-order chi connectivity index (χ1) is 41.8. The van der Waals surface area contributed by atoms with E-state index in [0.29, 0.717) is 6.42 Å². The van der Waals surface area contributed by atoms with E-state index in [0.717, 1.165) is 128 Å². The van der Waals surface area contributed by atoms with Gasteiger partial charge in [0.15, 0.2) is 6.29 Å². The van der Waals surface area contributed by atoms with Crippen molar-refractivity contribution < 1.29 is 39.8 Å². The van der Waals surface area contributed by atoms with E-state index in [4.69, 9.17) is 9.47 Å². The van der Waals surface area contributed by atoms with Crippen LogP contribution in [0.15, 0.2) is 146 Å². The zero-order chi connectivity index (χ0) is 61.4. The highest BCUT2D eigenvalue weighted by atomic mass is 16.7. The summed E-state index contributed by atoms with van der Waals surface area (Å²) in [5, 5.41) is 54.7. The standard InChI is InChI=1S/C76H127NO8/c1-3-5-7-9-11-13-15-17-19-21-23-25-27-29-31-33-34-35-36-38-40-42-44-46-48-50-52-54-56-58-60-62-64-66-72(80)77-69(68-84-76-75(83)74(82)73(81)71(67-78)85-76)70(79)65-63-61-59-57-55-53-51-49-47-45-43-41-39-37-32-30-28-26-24-22-20-18-16-14-12-10-8-6-4-2/h5,7,11,13,17,19,23,25,29,31,34-35,38,40,44,46-47,49-50,52,55,57,63,65,69-71,73-76,78-79,81-83H,3-4,6,8-10,12,14-16,18,20-22,24,26-28,30,32-33,36-37,39,41-43,45,48,51,53-54,56,58-62,64,66-68H2,1-2H3,(H,77,80)/b7-5-,13-11-,19-17-,25-23-,31-29-,35-34-,40-38-,46-44-,49-47+,52-50-,57-55+,65-63+. The van der Waals surface area contributed by atoms with Gasteiger partial charge in [-0.3, -0.25) is 4.79 Å². The molecule has 0 aromatic rings. The lowest BCUT2D eigenvalue weighted by Crippen LogP contribution is -2.60. The summed E-state index contributed by atoms with van der Waals surface area (Å²) in [6.07, 6.45) is 90.8. The molecule has 0 saturated carbocycles. The van der Waals surface area contributed by atoms with Crippen molar-refractivity contribution in [2.24, 2.45) is 0 Å². The number of aliphatic hydroxyl groups excluding tert-OH is 5. The second-order valence-corrected chi connectivity index (χ2v) is 23.2. The summed E-state index contributed by atoms with van der Waals surface area (Å²) in [5.74, 6) is -0.214. The number of carbonyl (C=O) groups excluding carboxylic acids is 1. The van der Waals surface area contributed by atoms with Gasteiger partial charge in [0.25, 0.3) is 0 Å². The quantitative estimate of drug-likeness (QED) is 0.0261. The summed E-state index contributed by atoms with van der Waals surface area (Å²) < 4.78 is 11.3. The fourth-order valence-electron chi connectivity index (χ4n) is 10.0. The van der Waals surface area contributed by atoms with Crippen LogP contribution in [0.5, 0.6) is 0 Å². The van der Waals surface area contributed by atoms with Crippen LogP contribution in [0.3, 0.4) is 0 Å². The van der Waals surface area contributed by atoms with Crippen LogP contribution >= 0.6 is 0 Å². The molecule has 1 fully saturated rings. The van der Waals surface area contributed by atoms with E-state index < -0.39 is 49.5 Å². The van der Waals surface area contributed by atoms with Crippen molar-refractivity contribution in [1.82, 2.24) is 5.32 Å². The molecule has 1 rings (SSSR count). The largest absolute Gasteiger partial charge is 0.394 e. The number of rotatable bonds is 58. The Morgan fingerprint density at radius 1 is 0.412 bits per heavy atom. The van der Waals surface area contributed by atoms with E-state index in [2.05, 4.69) is 153 Å². The Kier molecular flexibility index (Phi) is 58.7. The number of hydrogen-bond acceptors (Lipinski definition) is 8. The second kappa shape index (κ2) is 63.1. The lowest BCUT2D eigenvalue weighted by molar-refractivity contribution is -0.302. The van der Waals surface area contributed by atoms with Crippen molar-refractivity contribution >= 4 is 5.91 Å². The summed E-state index contributed by atoms with van der Waals surface area (Å²) in [5.41, 5.74) is 0. The van der Waals surface area contributed by atoms with Crippen LogP contribution in [-0.2, 0) is 14.3 Å². The third kappa shape index (κ3) is 51.8. The van der Waals surface area contributed by atoms with Gasteiger partial charge in [0.1, 0.15) is 24.4 Å². The van der Waals surface area contributed by atoms with E-state index in [9.17, 15) is 30.3 Å². The van der Waals surface area contributed by atoms with Gasteiger partial charge in [-0.2, -0.15) is 0 Å². The van der Waals surface area contributed by atoms with Gasteiger partial charge in [0.05, 0.1) is 25.4 Å². The van der Waals surface area contributed by atoms with Gasteiger partial charge >= 0.3 is 0 Å². The van der Waals surface area contributed by atoms with Crippen LogP contribution in [0.2, 0.25) is 0 Å². The Labute approximate surface area is 521 Å². The molecule has 1 amide bonds. The molecular formula is C76H127NO8. The molecule has 0 aromatic carbocycles. The lowest BCUT2D eigenvalue weighted by Gasteiger charge is -2.40. The molecule has 6 N–H and O–H groups in total. The maximum Gasteiger partial charge on any atom is 0.220 e. The van der Waals surface area contributed by atoms with E-state index in [-0.39, 0.29) is 12.5 Å². The minimum atomic E-state index is -1.59. The van der Waals surface area contributed by atoms with Crippen molar-refractivity contribution in [3.05, 3.63) is 146 Å². The number of unbranched alkanes of at least 4 members (excludes halogenated alkanes) is 26. The fraction of sp³-hybridized carbons (Fsp3) is 0.671. The molecule has 1 aliphatic rings.